The van der Waals surface area contributed by atoms with Crippen molar-refractivity contribution in [2.75, 3.05) is 0 Å². The second-order valence-corrected chi connectivity index (χ2v) is 15.9. The molecule has 3 aromatic heterocycles. The van der Waals surface area contributed by atoms with E-state index < -0.39 is 0 Å². The Morgan fingerprint density at radius 2 is 0.562 bits per heavy atom. The third-order valence-electron chi connectivity index (χ3n) is 11.1. The maximum atomic E-state index is 5.21. The van der Waals surface area contributed by atoms with Crippen LogP contribution >= 0.6 is 0 Å². The molecule has 0 aliphatic rings. The van der Waals surface area contributed by atoms with Crippen molar-refractivity contribution in [1.29, 1.82) is 0 Å². The van der Waals surface area contributed by atoms with Crippen molar-refractivity contribution < 1.29 is 0 Å². The topological polar surface area (TPSA) is 103 Å². The molecule has 0 radical (unpaired) electrons. The Morgan fingerprint density at radius 1 is 0.234 bits per heavy atom. The van der Waals surface area contributed by atoms with Crippen LogP contribution in [-0.4, -0.2) is 39.9 Å². The van der Waals surface area contributed by atoms with Crippen molar-refractivity contribution in [3.8, 4) is 102 Å². The highest BCUT2D eigenvalue weighted by Gasteiger charge is 2.24. The molecule has 0 bridgehead atoms. The summed E-state index contributed by atoms with van der Waals surface area (Å²) in [6.07, 6.45) is 0. The van der Waals surface area contributed by atoms with Crippen molar-refractivity contribution in [3.05, 3.63) is 205 Å². The van der Waals surface area contributed by atoms with E-state index in [2.05, 4.69) is 117 Å². The van der Waals surface area contributed by atoms with E-state index in [0.29, 0.717) is 40.8 Å². The first kappa shape index (κ1) is 39.8. The Bertz CT molecular complexity index is 3150. The lowest BCUT2D eigenvalue weighted by atomic mass is 9.86. The number of rotatable bonds is 9. The molecular weight excluding hydrogens is 785 g/mol. The monoisotopic (exact) mass is 826 g/mol. The van der Waals surface area contributed by atoms with Crippen molar-refractivity contribution in [2.45, 2.75) is 27.7 Å². The lowest BCUT2D eigenvalue weighted by Crippen LogP contribution is -2.03. The lowest BCUT2D eigenvalue weighted by molar-refractivity contribution is 1.06. The van der Waals surface area contributed by atoms with Gasteiger partial charge in [0.15, 0.2) is 40.8 Å². The van der Waals surface area contributed by atoms with Crippen molar-refractivity contribution in [1.82, 2.24) is 39.9 Å². The van der Waals surface area contributed by atoms with E-state index in [4.69, 9.17) is 39.9 Å². The van der Waals surface area contributed by atoms with Gasteiger partial charge in [-0.05, 0) is 50.5 Å². The highest BCUT2D eigenvalue weighted by Crippen LogP contribution is 2.45. The third kappa shape index (κ3) is 8.08. The van der Waals surface area contributed by atoms with Gasteiger partial charge in [-0.3, -0.25) is 0 Å². The zero-order chi connectivity index (χ0) is 43.6. The third-order valence-corrected chi connectivity index (χ3v) is 11.1. The molecule has 0 saturated carbocycles. The molecule has 0 N–H and O–H groups in total. The molecule has 0 aliphatic heterocycles. The van der Waals surface area contributed by atoms with E-state index in [1.54, 1.807) is 0 Å². The molecule has 0 atom stereocenters. The molecule has 8 nitrogen and oxygen atoms in total. The molecule has 0 unspecified atom stereocenters. The van der Waals surface area contributed by atoms with Gasteiger partial charge < -0.3 is 0 Å². The molecule has 306 valence electrons. The summed E-state index contributed by atoms with van der Waals surface area (Å²) in [6, 6.07) is 61.6. The van der Waals surface area contributed by atoms with Crippen LogP contribution in [0.3, 0.4) is 0 Å². The summed E-state index contributed by atoms with van der Waals surface area (Å²) < 4.78 is 0. The molecule has 0 fully saturated rings. The van der Waals surface area contributed by atoms with Crippen LogP contribution in [-0.2, 0) is 0 Å². The van der Waals surface area contributed by atoms with Crippen molar-refractivity contribution in [2.24, 2.45) is 0 Å². The molecule has 10 rings (SSSR count). The van der Waals surface area contributed by atoms with E-state index in [9.17, 15) is 0 Å². The first-order valence-electron chi connectivity index (χ1n) is 21.3. The van der Waals surface area contributed by atoms with Crippen LogP contribution in [0.4, 0.5) is 0 Å². The maximum absolute atomic E-state index is 5.21. The summed E-state index contributed by atoms with van der Waals surface area (Å²) >= 11 is 0. The fourth-order valence-corrected chi connectivity index (χ4v) is 8.00. The van der Waals surface area contributed by atoms with Gasteiger partial charge in [0, 0.05) is 55.9 Å². The van der Waals surface area contributed by atoms with Crippen LogP contribution in [0.2, 0.25) is 0 Å². The second kappa shape index (κ2) is 17.2. The minimum absolute atomic E-state index is 0.543. The summed E-state index contributed by atoms with van der Waals surface area (Å²) in [5.74, 6) is 4.07. The summed E-state index contributed by atoms with van der Waals surface area (Å²) in [6.45, 7) is 8.16. The molecule has 0 spiro atoms. The molecule has 0 saturated heterocycles. The number of hydrogen-bond donors (Lipinski definition) is 0. The van der Waals surface area contributed by atoms with E-state index in [1.165, 1.54) is 0 Å². The number of hydrogen-bond acceptors (Lipinski definition) is 8. The molecular formula is C56H42N8. The standard InChI is InChI=1S/C56H42N8/c1-35-26-30-41(31-27-35)52-60-53(42-32-28-36(2)29-33-42)64-54(63-52)46-22-13-11-20-43(46)44-24-15-25-48(56-57-37(3)34-38(4)58-56)49(44)45-21-12-14-23-47(45)55-61-50(39-16-7-5-8-17-39)59-51(62-55)40-18-9-6-10-19-40/h5-34H,1-4H3. The number of aromatic nitrogens is 8. The zero-order valence-electron chi connectivity index (χ0n) is 35.9. The fraction of sp³-hybridized carbons (Fsp3) is 0.0714. The Hall–Kier alpha value is -8.36. The van der Waals surface area contributed by atoms with Gasteiger partial charge in [0.2, 0.25) is 0 Å². The predicted octanol–water partition coefficient (Wildman–Crippen LogP) is 13.1. The number of nitrogens with zero attached hydrogens (tertiary/aromatic N) is 8. The average molecular weight is 827 g/mol. The van der Waals surface area contributed by atoms with Crippen LogP contribution in [0.5, 0.6) is 0 Å². The van der Waals surface area contributed by atoms with Gasteiger partial charge in [-0.15, -0.1) is 0 Å². The van der Waals surface area contributed by atoms with Gasteiger partial charge in [-0.1, -0.05) is 187 Å². The molecule has 7 aromatic carbocycles. The van der Waals surface area contributed by atoms with Crippen LogP contribution in [0.1, 0.15) is 22.5 Å². The summed E-state index contributed by atoms with van der Waals surface area (Å²) in [4.78, 5) is 40.9. The van der Waals surface area contributed by atoms with Crippen LogP contribution < -0.4 is 0 Å². The smallest absolute Gasteiger partial charge is 0.164 e. The zero-order valence-corrected chi connectivity index (χ0v) is 35.9. The number of benzene rings is 7. The quantitative estimate of drug-likeness (QED) is 0.142. The predicted molar refractivity (Wildman–Crippen MR) is 257 cm³/mol. The van der Waals surface area contributed by atoms with Gasteiger partial charge in [0.25, 0.3) is 0 Å². The molecule has 3 heterocycles. The summed E-state index contributed by atoms with van der Waals surface area (Å²) in [7, 11) is 0. The minimum Gasteiger partial charge on any atom is -0.233 e. The number of aryl methyl sites for hydroxylation is 4. The van der Waals surface area contributed by atoms with Crippen LogP contribution in [0.25, 0.3) is 102 Å². The first-order valence-corrected chi connectivity index (χ1v) is 21.3. The molecule has 10 aromatic rings. The SMILES string of the molecule is Cc1ccc(-c2nc(-c3ccc(C)cc3)nc(-c3ccccc3-c3cccc(-c4nc(C)cc(C)n4)c3-c3ccccc3-c3nc(-c4ccccc4)nc(-c4ccccc4)n3)n2)cc1. The normalized spacial score (nSPS) is 11.1. The Labute approximate surface area is 372 Å². The van der Waals surface area contributed by atoms with E-state index in [-0.39, 0.29) is 0 Å². The Kier molecular flexibility index (Phi) is 10.7. The van der Waals surface area contributed by atoms with E-state index >= 15 is 0 Å². The lowest BCUT2D eigenvalue weighted by Gasteiger charge is -2.20. The summed E-state index contributed by atoms with van der Waals surface area (Å²) in [5.41, 5.74) is 13.9. The van der Waals surface area contributed by atoms with E-state index in [0.717, 1.165) is 83.7 Å². The minimum atomic E-state index is 0.543. The van der Waals surface area contributed by atoms with Gasteiger partial charge in [0.05, 0.1) is 0 Å². The Balaban J connectivity index is 1.23. The first-order chi connectivity index (χ1) is 31.3. The largest absolute Gasteiger partial charge is 0.233 e. The molecule has 8 heteroatoms. The van der Waals surface area contributed by atoms with Gasteiger partial charge in [-0.25, -0.2) is 39.9 Å². The highest BCUT2D eigenvalue weighted by molar-refractivity contribution is 6.00. The Morgan fingerprint density at radius 3 is 1.03 bits per heavy atom. The summed E-state index contributed by atoms with van der Waals surface area (Å²) in [5, 5.41) is 0. The van der Waals surface area contributed by atoms with Gasteiger partial charge in [0.1, 0.15) is 0 Å². The van der Waals surface area contributed by atoms with Crippen molar-refractivity contribution >= 4 is 0 Å². The molecule has 64 heavy (non-hydrogen) atoms. The average Bonchev–Trinajstić information content (AvgIpc) is 3.34. The molecule has 0 amide bonds. The maximum Gasteiger partial charge on any atom is 0.164 e. The van der Waals surface area contributed by atoms with E-state index in [1.807, 2.05) is 92.7 Å². The van der Waals surface area contributed by atoms with Crippen LogP contribution in [0, 0.1) is 27.7 Å². The fourth-order valence-electron chi connectivity index (χ4n) is 8.00. The van der Waals surface area contributed by atoms with Crippen LogP contribution in [0.15, 0.2) is 182 Å². The second-order valence-electron chi connectivity index (χ2n) is 15.9. The highest BCUT2D eigenvalue weighted by atomic mass is 15.0. The van der Waals surface area contributed by atoms with Gasteiger partial charge in [-0.2, -0.15) is 0 Å². The van der Waals surface area contributed by atoms with Crippen molar-refractivity contribution in [3.63, 3.8) is 0 Å². The molecule has 0 aliphatic carbocycles. The van der Waals surface area contributed by atoms with Gasteiger partial charge >= 0.3 is 0 Å².